The molecule has 1 amide bonds. The molecule has 0 aliphatic carbocycles. The lowest BCUT2D eigenvalue weighted by Crippen LogP contribution is -2.35. The molecule has 0 saturated heterocycles. The molecule has 1 aromatic rings. The largest absolute Gasteiger partial charge is 0.358 e. The lowest BCUT2D eigenvalue weighted by atomic mass is 10.1. The van der Waals surface area contributed by atoms with Gasteiger partial charge in [-0.15, -0.1) is 0 Å². The molecule has 1 aromatic carbocycles. The summed E-state index contributed by atoms with van der Waals surface area (Å²) in [6.07, 6.45) is 0. The van der Waals surface area contributed by atoms with Gasteiger partial charge < -0.3 is 11.1 Å². The van der Waals surface area contributed by atoms with Crippen molar-refractivity contribution in [3.63, 3.8) is 0 Å². The number of nitrogens with zero attached hydrogens (tertiary/aromatic N) is 1. The first-order valence-corrected chi connectivity index (χ1v) is 6.01. The van der Waals surface area contributed by atoms with Crippen LogP contribution in [0.1, 0.15) is 18.1 Å². The zero-order chi connectivity index (χ0) is 13.5. The number of amides is 1. The third-order valence-corrected chi connectivity index (χ3v) is 2.88. The Kier molecular flexibility index (Phi) is 5.74. The van der Waals surface area contributed by atoms with E-state index in [0.29, 0.717) is 26.2 Å². The molecule has 0 unspecified atom stereocenters. The predicted molar refractivity (Wildman–Crippen MR) is 69.3 cm³/mol. The molecule has 18 heavy (non-hydrogen) atoms. The molecule has 4 nitrogen and oxygen atoms in total. The molecule has 0 fully saturated rings. The van der Waals surface area contributed by atoms with Crippen LogP contribution in [0.2, 0.25) is 0 Å². The van der Waals surface area contributed by atoms with Crippen molar-refractivity contribution < 1.29 is 9.18 Å². The van der Waals surface area contributed by atoms with Gasteiger partial charge in [-0.3, -0.25) is 9.69 Å². The Morgan fingerprint density at radius 2 is 2.17 bits per heavy atom. The highest BCUT2D eigenvalue weighted by molar-refractivity contribution is 5.77. The Balaban J connectivity index is 2.80. The average Bonchev–Trinajstić information content (AvgIpc) is 2.38. The van der Waals surface area contributed by atoms with Gasteiger partial charge in [-0.1, -0.05) is 13.0 Å². The topological polar surface area (TPSA) is 58.4 Å². The summed E-state index contributed by atoms with van der Waals surface area (Å²) in [5, 5.41) is 2.58. The van der Waals surface area contributed by atoms with Crippen molar-refractivity contribution in [2.75, 3.05) is 20.1 Å². The zero-order valence-electron chi connectivity index (χ0n) is 10.9. The third kappa shape index (κ3) is 4.09. The number of benzene rings is 1. The van der Waals surface area contributed by atoms with E-state index in [1.807, 2.05) is 11.8 Å². The van der Waals surface area contributed by atoms with E-state index in [4.69, 9.17) is 5.73 Å². The molecule has 0 radical (unpaired) electrons. The van der Waals surface area contributed by atoms with E-state index in [0.717, 1.165) is 11.1 Å². The maximum atomic E-state index is 13.2. The summed E-state index contributed by atoms with van der Waals surface area (Å²) >= 11 is 0. The highest BCUT2D eigenvalue weighted by Gasteiger charge is 2.11. The molecule has 0 atom stereocenters. The van der Waals surface area contributed by atoms with Gasteiger partial charge in [0.2, 0.25) is 5.91 Å². The van der Waals surface area contributed by atoms with Crippen molar-refractivity contribution in [1.82, 2.24) is 10.2 Å². The molecule has 0 bridgehead atoms. The quantitative estimate of drug-likeness (QED) is 0.790. The van der Waals surface area contributed by atoms with Crippen LogP contribution < -0.4 is 11.1 Å². The van der Waals surface area contributed by atoms with Crippen LogP contribution in [0, 0.1) is 5.82 Å². The maximum Gasteiger partial charge on any atom is 0.233 e. The fourth-order valence-electron chi connectivity index (χ4n) is 1.74. The van der Waals surface area contributed by atoms with Gasteiger partial charge in [0.05, 0.1) is 6.54 Å². The first kappa shape index (κ1) is 14.6. The number of carbonyl (C=O) groups is 1. The summed E-state index contributed by atoms with van der Waals surface area (Å²) in [5.41, 5.74) is 7.37. The average molecular weight is 253 g/mol. The van der Waals surface area contributed by atoms with Crippen LogP contribution in [-0.4, -0.2) is 30.9 Å². The van der Waals surface area contributed by atoms with E-state index >= 15 is 0 Å². The van der Waals surface area contributed by atoms with Crippen molar-refractivity contribution in [1.29, 1.82) is 0 Å². The van der Waals surface area contributed by atoms with Gasteiger partial charge >= 0.3 is 0 Å². The highest BCUT2D eigenvalue weighted by atomic mass is 19.1. The van der Waals surface area contributed by atoms with Crippen molar-refractivity contribution >= 4 is 5.91 Å². The molecule has 5 heteroatoms. The summed E-state index contributed by atoms with van der Waals surface area (Å²) < 4.78 is 13.2. The van der Waals surface area contributed by atoms with E-state index in [1.54, 1.807) is 13.1 Å². The number of hydrogen-bond donors (Lipinski definition) is 2. The smallest absolute Gasteiger partial charge is 0.233 e. The van der Waals surface area contributed by atoms with Crippen molar-refractivity contribution in [3.05, 3.63) is 35.1 Å². The molecule has 0 spiro atoms. The summed E-state index contributed by atoms with van der Waals surface area (Å²) in [6, 6.07) is 4.58. The Morgan fingerprint density at radius 1 is 1.44 bits per heavy atom. The Morgan fingerprint density at radius 3 is 2.72 bits per heavy atom. The van der Waals surface area contributed by atoms with Crippen LogP contribution in [0.3, 0.4) is 0 Å². The van der Waals surface area contributed by atoms with Crippen molar-refractivity contribution in [3.8, 4) is 0 Å². The van der Waals surface area contributed by atoms with Crippen LogP contribution >= 0.6 is 0 Å². The summed E-state index contributed by atoms with van der Waals surface area (Å²) in [6.45, 7) is 3.87. The SMILES string of the molecule is CCN(CC(=O)NC)Cc1cc(F)ccc1CN. The summed E-state index contributed by atoms with van der Waals surface area (Å²) in [5.74, 6) is -0.333. The summed E-state index contributed by atoms with van der Waals surface area (Å²) in [7, 11) is 1.60. The molecule has 0 heterocycles. The van der Waals surface area contributed by atoms with E-state index in [2.05, 4.69) is 5.32 Å². The number of likely N-dealkylation sites (N-methyl/N-ethyl adjacent to an activating group) is 2. The molecule has 0 aliphatic rings. The van der Waals surface area contributed by atoms with Gasteiger partial charge in [0.25, 0.3) is 0 Å². The zero-order valence-corrected chi connectivity index (χ0v) is 10.9. The van der Waals surface area contributed by atoms with Gasteiger partial charge in [-0.2, -0.15) is 0 Å². The predicted octanol–water partition coefficient (Wildman–Crippen LogP) is 0.852. The fourth-order valence-corrected chi connectivity index (χ4v) is 1.74. The van der Waals surface area contributed by atoms with Crippen molar-refractivity contribution in [2.45, 2.75) is 20.0 Å². The van der Waals surface area contributed by atoms with Crippen molar-refractivity contribution in [2.24, 2.45) is 5.73 Å². The minimum atomic E-state index is -0.279. The normalized spacial score (nSPS) is 10.7. The number of carbonyl (C=O) groups excluding carboxylic acids is 1. The highest BCUT2D eigenvalue weighted by Crippen LogP contribution is 2.13. The van der Waals surface area contributed by atoms with E-state index < -0.39 is 0 Å². The Bertz CT molecular complexity index is 409. The minimum absolute atomic E-state index is 0.0532. The molecule has 3 N–H and O–H groups in total. The molecular formula is C13H20FN3O. The number of rotatable bonds is 6. The number of halogens is 1. The van der Waals surface area contributed by atoms with E-state index in [9.17, 15) is 9.18 Å². The summed E-state index contributed by atoms with van der Waals surface area (Å²) in [4.78, 5) is 13.3. The van der Waals surface area contributed by atoms with Crippen LogP contribution in [0.4, 0.5) is 4.39 Å². The monoisotopic (exact) mass is 253 g/mol. The van der Waals surface area contributed by atoms with Gasteiger partial charge in [-0.05, 0) is 29.8 Å². The molecular weight excluding hydrogens is 233 g/mol. The van der Waals surface area contributed by atoms with Crippen LogP contribution in [0.15, 0.2) is 18.2 Å². The standard InChI is InChI=1S/C13H20FN3O/c1-3-17(9-13(18)16-2)8-11-6-12(14)5-4-10(11)7-15/h4-6H,3,7-9,15H2,1-2H3,(H,16,18). The second-order valence-electron chi connectivity index (χ2n) is 4.09. The van der Waals surface area contributed by atoms with Gasteiger partial charge in [-0.25, -0.2) is 4.39 Å². The molecule has 0 aliphatic heterocycles. The first-order valence-electron chi connectivity index (χ1n) is 6.01. The molecule has 100 valence electrons. The first-order chi connectivity index (χ1) is 8.60. The minimum Gasteiger partial charge on any atom is -0.358 e. The van der Waals surface area contributed by atoms with Gasteiger partial charge in [0.1, 0.15) is 5.82 Å². The molecule has 0 saturated carbocycles. The fraction of sp³-hybridized carbons (Fsp3) is 0.462. The van der Waals surface area contributed by atoms with Crippen LogP contribution in [-0.2, 0) is 17.9 Å². The molecule has 1 rings (SSSR count). The lowest BCUT2D eigenvalue weighted by Gasteiger charge is -2.21. The van der Waals surface area contributed by atoms with Crippen LogP contribution in [0.5, 0.6) is 0 Å². The van der Waals surface area contributed by atoms with E-state index in [-0.39, 0.29) is 11.7 Å². The number of hydrogen-bond acceptors (Lipinski definition) is 3. The molecule has 0 aromatic heterocycles. The van der Waals surface area contributed by atoms with Gasteiger partial charge in [0.15, 0.2) is 0 Å². The van der Waals surface area contributed by atoms with E-state index in [1.165, 1.54) is 12.1 Å². The Hall–Kier alpha value is -1.46. The second kappa shape index (κ2) is 7.08. The second-order valence-corrected chi connectivity index (χ2v) is 4.09. The lowest BCUT2D eigenvalue weighted by molar-refractivity contribution is -0.121. The van der Waals surface area contributed by atoms with Crippen LogP contribution in [0.25, 0.3) is 0 Å². The van der Waals surface area contributed by atoms with Gasteiger partial charge in [0, 0.05) is 20.1 Å². The Labute approximate surface area is 107 Å². The number of nitrogens with two attached hydrogens (primary N) is 1. The maximum absolute atomic E-state index is 13.2. The number of nitrogens with one attached hydrogen (secondary N) is 1. The third-order valence-electron chi connectivity index (χ3n) is 2.88.